The fraction of sp³-hybridized carbons (Fsp3) is 0. The maximum Gasteiger partial charge on any atom is 0.173 e. The van der Waals surface area contributed by atoms with E-state index in [1.807, 2.05) is 0 Å². The molecule has 0 amide bonds. The first-order valence-electron chi connectivity index (χ1n) is 14.4. The number of rotatable bonds is 4. The molecule has 9 aromatic rings. The minimum atomic E-state index is 0.750. The predicted molar refractivity (Wildman–Crippen MR) is 179 cm³/mol. The summed E-state index contributed by atoms with van der Waals surface area (Å²) in [7, 11) is 0. The van der Waals surface area contributed by atoms with Crippen molar-refractivity contribution in [3.05, 3.63) is 146 Å². The number of fused-ring (bicyclic) bond motifs is 6. The van der Waals surface area contributed by atoms with Crippen molar-refractivity contribution in [3.63, 3.8) is 0 Å². The van der Waals surface area contributed by atoms with E-state index < -0.39 is 0 Å². The molecule has 0 aliphatic heterocycles. The highest BCUT2D eigenvalue weighted by Crippen LogP contribution is 2.35. The summed E-state index contributed by atoms with van der Waals surface area (Å²) in [6.45, 7) is 0. The lowest BCUT2D eigenvalue weighted by molar-refractivity contribution is 1.18. The molecule has 0 radical (unpaired) electrons. The number of para-hydroxylation sites is 4. The van der Waals surface area contributed by atoms with Gasteiger partial charge in [0.1, 0.15) is 5.01 Å². The fourth-order valence-electron chi connectivity index (χ4n) is 6.37. The van der Waals surface area contributed by atoms with Gasteiger partial charge in [0.25, 0.3) is 0 Å². The zero-order chi connectivity index (χ0) is 28.3. The van der Waals surface area contributed by atoms with Crippen LogP contribution in [0.2, 0.25) is 0 Å². The lowest BCUT2D eigenvalue weighted by atomic mass is 10.2. The monoisotopic (exact) mass is 568 g/mol. The van der Waals surface area contributed by atoms with Crippen LogP contribution in [0.15, 0.2) is 146 Å². The summed E-state index contributed by atoms with van der Waals surface area (Å²) in [5, 5.41) is 5.96. The maximum absolute atomic E-state index is 4.93. The van der Waals surface area contributed by atoms with Crippen molar-refractivity contribution < 1.29 is 0 Å². The first kappa shape index (κ1) is 24.1. The van der Waals surface area contributed by atoms with Crippen LogP contribution >= 0.6 is 11.5 Å². The molecule has 9 rings (SSSR count). The van der Waals surface area contributed by atoms with Crippen LogP contribution in [0, 0.1) is 0 Å². The van der Waals surface area contributed by atoms with Gasteiger partial charge < -0.3 is 9.13 Å². The summed E-state index contributed by atoms with van der Waals surface area (Å²) in [5.74, 6) is 0.750. The van der Waals surface area contributed by atoms with E-state index in [0.29, 0.717) is 0 Å². The van der Waals surface area contributed by atoms with Crippen molar-refractivity contribution in [2.75, 3.05) is 0 Å². The van der Waals surface area contributed by atoms with Gasteiger partial charge in [0.2, 0.25) is 0 Å². The zero-order valence-corrected chi connectivity index (χ0v) is 23.9. The van der Waals surface area contributed by atoms with Gasteiger partial charge in [0, 0.05) is 44.0 Å². The molecule has 0 atom stereocenters. The molecule has 43 heavy (non-hydrogen) atoms. The second-order valence-corrected chi connectivity index (χ2v) is 11.5. The summed E-state index contributed by atoms with van der Waals surface area (Å²) in [5.41, 5.74) is 9.15. The molecule has 0 saturated heterocycles. The summed E-state index contributed by atoms with van der Waals surface area (Å²) in [6.07, 6.45) is 0. The molecule has 0 spiro atoms. The molecule has 0 saturated carbocycles. The molecule has 0 unspecified atom stereocenters. The second kappa shape index (κ2) is 9.51. The van der Waals surface area contributed by atoms with Crippen LogP contribution in [0.4, 0.5) is 0 Å². The van der Waals surface area contributed by atoms with Crippen molar-refractivity contribution >= 4 is 55.1 Å². The van der Waals surface area contributed by atoms with E-state index in [-0.39, 0.29) is 0 Å². The number of aromatic nitrogens is 4. The number of benzene rings is 6. The Bertz CT molecular complexity index is 2170. The average molecular weight is 569 g/mol. The van der Waals surface area contributed by atoms with Gasteiger partial charge in [-0.25, -0.2) is 4.98 Å². The Morgan fingerprint density at radius 3 is 1.19 bits per heavy atom. The average Bonchev–Trinajstić information content (AvgIpc) is 3.78. The standard InChI is InChI=1S/C38H24N4S/c1-5-13-33-29(9-1)30-10-2-6-14-34(30)41(33)27-21-17-25(18-22-27)37-39-38(43-40-37)26-19-23-28(24-20-26)42-35-15-7-3-11-31(35)32-12-4-8-16-36(32)42/h1-24H. The van der Waals surface area contributed by atoms with Crippen LogP contribution in [0.3, 0.4) is 0 Å². The molecule has 5 heteroatoms. The van der Waals surface area contributed by atoms with Crippen LogP contribution in [-0.2, 0) is 0 Å². The van der Waals surface area contributed by atoms with E-state index in [9.17, 15) is 0 Å². The number of nitrogens with zero attached hydrogens (tertiary/aromatic N) is 4. The molecule has 4 nitrogen and oxygen atoms in total. The topological polar surface area (TPSA) is 35.6 Å². The largest absolute Gasteiger partial charge is 0.309 e. The Kier molecular flexibility index (Phi) is 5.33. The minimum Gasteiger partial charge on any atom is -0.309 e. The lowest BCUT2D eigenvalue weighted by Crippen LogP contribution is -1.94. The van der Waals surface area contributed by atoms with Gasteiger partial charge in [0.05, 0.1) is 22.1 Å². The molecular formula is C38H24N4S. The lowest BCUT2D eigenvalue weighted by Gasteiger charge is -2.08. The number of hydrogen-bond acceptors (Lipinski definition) is 3. The van der Waals surface area contributed by atoms with Crippen LogP contribution in [0.5, 0.6) is 0 Å². The minimum absolute atomic E-state index is 0.750. The molecule has 6 aromatic carbocycles. The van der Waals surface area contributed by atoms with Gasteiger partial charge >= 0.3 is 0 Å². The first-order valence-corrected chi connectivity index (χ1v) is 15.1. The summed E-state index contributed by atoms with van der Waals surface area (Å²) < 4.78 is 9.39. The van der Waals surface area contributed by atoms with Crippen molar-refractivity contribution in [3.8, 4) is 33.3 Å². The fourth-order valence-corrected chi connectivity index (χ4v) is 7.06. The van der Waals surface area contributed by atoms with Crippen molar-refractivity contribution in [1.29, 1.82) is 0 Å². The summed E-state index contributed by atoms with van der Waals surface area (Å²) >= 11 is 1.44. The summed E-state index contributed by atoms with van der Waals surface area (Å²) in [4.78, 5) is 4.93. The normalized spacial score (nSPS) is 11.7. The highest BCUT2D eigenvalue weighted by molar-refractivity contribution is 7.09. The molecule has 0 aliphatic carbocycles. The maximum atomic E-state index is 4.93. The molecule has 3 aromatic heterocycles. The molecule has 0 fully saturated rings. The van der Waals surface area contributed by atoms with Crippen LogP contribution < -0.4 is 0 Å². The Morgan fingerprint density at radius 2 is 0.767 bits per heavy atom. The predicted octanol–water partition coefficient (Wildman–Crippen LogP) is 10.1. The van der Waals surface area contributed by atoms with E-state index in [1.54, 1.807) is 0 Å². The third kappa shape index (κ3) is 3.75. The van der Waals surface area contributed by atoms with Crippen LogP contribution in [-0.4, -0.2) is 18.5 Å². The van der Waals surface area contributed by atoms with Gasteiger partial charge in [-0.05, 0) is 84.3 Å². The van der Waals surface area contributed by atoms with Crippen molar-refractivity contribution in [2.24, 2.45) is 0 Å². The quantitative estimate of drug-likeness (QED) is 0.212. The van der Waals surface area contributed by atoms with Gasteiger partial charge in [-0.1, -0.05) is 72.8 Å². The SMILES string of the molecule is c1ccc2c(c1)c1ccccc1n2-c1ccc(-c2nsc(-c3ccc(-n4c5ccccc5c5ccccc54)cc3)n2)cc1. The van der Waals surface area contributed by atoms with E-state index in [4.69, 9.17) is 9.36 Å². The molecular weight excluding hydrogens is 545 g/mol. The van der Waals surface area contributed by atoms with Gasteiger partial charge in [-0.15, -0.1) is 0 Å². The van der Waals surface area contributed by atoms with Crippen molar-refractivity contribution in [2.45, 2.75) is 0 Å². The first-order chi connectivity index (χ1) is 21.3. The van der Waals surface area contributed by atoms with Crippen LogP contribution in [0.25, 0.3) is 76.9 Å². The highest BCUT2D eigenvalue weighted by atomic mass is 32.1. The zero-order valence-electron chi connectivity index (χ0n) is 23.1. The molecule has 0 bridgehead atoms. The Hall–Kier alpha value is -5.52. The van der Waals surface area contributed by atoms with Gasteiger partial charge in [-0.2, -0.15) is 4.37 Å². The van der Waals surface area contributed by atoms with Gasteiger partial charge in [0.15, 0.2) is 5.82 Å². The third-order valence-electron chi connectivity index (χ3n) is 8.34. The van der Waals surface area contributed by atoms with E-state index in [0.717, 1.165) is 33.3 Å². The van der Waals surface area contributed by atoms with Crippen molar-refractivity contribution in [1.82, 2.24) is 18.5 Å². The van der Waals surface area contributed by atoms with E-state index in [2.05, 4.69) is 155 Å². The Morgan fingerprint density at radius 1 is 0.395 bits per heavy atom. The molecule has 0 N–H and O–H groups in total. The van der Waals surface area contributed by atoms with E-state index in [1.165, 1.54) is 55.1 Å². The molecule has 3 heterocycles. The van der Waals surface area contributed by atoms with Gasteiger partial charge in [-0.3, -0.25) is 0 Å². The Labute approximate surface area is 251 Å². The smallest absolute Gasteiger partial charge is 0.173 e. The van der Waals surface area contributed by atoms with E-state index >= 15 is 0 Å². The Balaban J connectivity index is 1.04. The molecule has 0 aliphatic rings. The van der Waals surface area contributed by atoms with Crippen LogP contribution in [0.1, 0.15) is 0 Å². The number of hydrogen-bond donors (Lipinski definition) is 0. The molecule has 202 valence electrons. The third-order valence-corrected chi connectivity index (χ3v) is 9.11. The highest BCUT2D eigenvalue weighted by Gasteiger charge is 2.14. The summed E-state index contributed by atoms with van der Waals surface area (Å²) in [6, 6.07) is 51.6. The second-order valence-electron chi connectivity index (χ2n) is 10.8.